The van der Waals surface area contributed by atoms with Gasteiger partial charge in [0.1, 0.15) is 16.1 Å². The molecule has 0 N–H and O–H groups in total. The predicted octanol–water partition coefficient (Wildman–Crippen LogP) is 13.4. The van der Waals surface area contributed by atoms with Crippen LogP contribution in [0.25, 0.3) is 41.7 Å². The molecule has 0 bridgehead atoms. The summed E-state index contributed by atoms with van der Waals surface area (Å²) < 4.78 is 31.2. The second-order valence-corrected chi connectivity index (χ2v) is 26.1. The van der Waals surface area contributed by atoms with E-state index in [1.807, 2.05) is 12.2 Å². The minimum Gasteiger partial charge on any atom is -0.195 e. The maximum absolute atomic E-state index is 14.7. The Kier molecular flexibility index (Phi) is 9.89. The van der Waals surface area contributed by atoms with E-state index in [0.717, 1.165) is 87.6 Å². The Morgan fingerprint density at radius 2 is 0.913 bits per heavy atom. The molecule has 0 unspecified atom stereocenters. The lowest BCUT2D eigenvalue weighted by Crippen LogP contribution is -2.39. The van der Waals surface area contributed by atoms with Crippen LogP contribution in [0.4, 0.5) is 8.78 Å². The molecule has 0 spiro atoms. The highest BCUT2D eigenvalue weighted by Gasteiger charge is 2.38. The van der Waals surface area contributed by atoms with E-state index in [0.29, 0.717) is 22.2 Å². The molecule has 0 fully saturated rings. The topological polar surface area (TPSA) is 0 Å². The van der Waals surface area contributed by atoms with Crippen LogP contribution in [0.15, 0.2) is 61.7 Å². The van der Waals surface area contributed by atoms with Crippen LogP contribution in [0, 0.1) is 33.2 Å². The third-order valence-corrected chi connectivity index (χ3v) is 23.4. The van der Waals surface area contributed by atoms with Crippen LogP contribution in [0.1, 0.15) is 66.5 Å². The molecule has 0 atom stereocenters. The Hall–Kier alpha value is -3.01. The molecule has 0 saturated carbocycles. The van der Waals surface area contributed by atoms with Gasteiger partial charge in [-0.2, -0.15) is 8.78 Å². The van der Waals surface area contributed by atoms with E-state index in [1.165, 1.54) is 0 Å². The largest absolute Gasteiger partial charge is 0.195 e. The molecular weight excluding hydrogens is 639 g/mol. The van der Waals surface area contributed by atoms with E-state index < -0.39 is 16.1 Å². The molecule has 46 heavy (non-hydrogen) atoms. The van der Waals surface area contributed by atoms with Crippen molar-refractivity contribution in [1.82, 2.24) is 0 Å². The molecule has 0 nitrogen and oxygen atoms in total. The van der Waals surface area contributed by atoms with Gasteiger partial charge in [-0.25, -0.2) is 0 Å². The minimum atomic E-state index is -2.12. The molecule has 0 aliphatic rings. The van der Waals surface area contributed by atoms with Crippen molar-refractivity contribution < 1.29 is 8.78 Å². The lowest BCUT2D eigenvalue weighted by atomic mass is 9.91. The zero-order valence-electron chi connectivity index (χ0n) is 28.3. The molecule has 0 aliphatic carbocycles. The first kappa shape index (κ1) is 34.3. The van der Waals surface area contributed by atoms with E-state index in [4.69, 9.17) is 0 Å². The fourth-order valence-corrected chi connectivity index (χ4v) is 16.5. The van der Waals surface area contributed by atoms with E-state index in [1.54, 1.807) is 12.1 Å². The summed E-state index contributed by atoms with van der Waals surface area (Å²) in [5.41, 5.74) is 11.4. The molecule has 5 aromatic rings. The number of allylic oxidation sites excluding steroid dienone is 2. The van der Waals surface area contributed by atoms with Gasteiger partial charge < -0.3 is 0 Å². The van der Waals surface area contributed by atoms with Gasteiger partial charge in [-0.15, -0.1) is 46.9 Å². The number of thiophene rings is 2. The first-order valence-electron chi connectivity index (χ1n) is 16.3. The summed E-state index contributed by atoms with van der Waals surface area (Å²) in [4.78, 5) is 0. The first-order chi connectivity index (χ1) is 21.8. The Labute approximate surface area is 283 Å². The zero-order chi connectivity index (χ0) is 33.6. The molecule has 0 saturated heterocycles. The molecule has 0 aliphatic heterocycles. The number of hydrogen-bond acceptors (Lipinski definition) is 2. The van der Waals surface area contributed by atoms with Crippen molar-refractivity contribution in [2.24, 2.45) is 0 Å². The summed E-state index contributed by atoms with van der Waals surface area (Å²) in [7, 11) is -4.24. The van der Waals surface area contributed by atoms with Gasteiger partial charge in [0.05, 0.1) is 0 Å². The normalized spacial score (nSPS) is 12.5. The fourth-order valence-electron chi connectivity index (χ4n) is 7.29. The Morgan fingerprint density at radius 3 is 1.22 bits per heavy atom. The van der Waals surface area contributed by atoms with Crippen molar-refractivity contribution in [3.8, 4) is 22.9 Å². The molecule has 0 radical (unpaired) electrons. The molecule has 3 aromatic carbocycles. The number of benzene rings is 3. The van der Waals surface area contributed by atoms with Crippen molar-refractivity contribution in [3.63, 3.8) is 0 Å². The van der Waals surface area contributed by atoms with Crippen LogP contribution in [0.2, 0.25) is 34.3 Å². The maximum Gasteiger partial charge on any atom is 0.177 e. The summed E-state index contributed by atoms with van der Waals surface area (Å²) in [5.74, 6) is 7.50. The Morgan fingerprint density at radius 1 is 0.587 bits per heavy atom. The van der Waals surface area contributed by atoms with Crippen molar-refractivity contribution in [2.75, 3.05) is 0 Å². The van der Waals surface area contributed by atoms with Crippen LogP contribution in [0.5, 0.6) is 0 Å². The standard InChI is InChI=1S/C40H44F2S2Si2/c1-11-15-45(25(3)4,26(5)6)17-13-31-33-19-29-21-39(41)44-38(29)24-36(33)32(14-18-46(16-12-2,27(7)8)28(9)10)34-20-30-22-40(42)43-37(30)23-35(31)34/h11-12,19-28H,1-2,15-16H2,3-10H3. The van der Waals surface area contributed by atoms with Gasteiger partial charge in [0, 0.05) is 31.3 Å². The van der Waals surface area contributed by atoms with Crippen molar-refractivity contribution in [1.29, 1.82) is 0 Å². The molecular formula is C40H44F2S2Si2. The second kappa shape index (κ2) is 13.2. The maximum atomic E-state index is 14.7. The van der Waals surface area contributed by atoms with Gasteiger partial charge in [0.2, 0.25) is 0 Å². The van der Waals surface area contributed by atoms with Crippen LogP contribution >= 0.6 is 22.7 Å². The highest BCUT2D eigenvalue weighted by atomic mass is 32.1. The molecule has 2 heterocycles. The smallest absolute Gasteiger partial charge is 0.177 e. The zero-order valence-corrected chi connectivity index (χ0v) is 32.0. The van der Waals surface area contributed by atoms with Crippen LogP contribution in [-0.2, 0) is 0 Å². The number of fused-ring (bicyclic) bond motifs is 4. The van der Waals surface area contributed by atoms with Gasteiger partial charge in [-0.05, 0) is 92.2 Å². The average molecular weight is 683 g/mol. The third kappa shape index (κ3) is 5.95. The fraction of sp³-hybridized carbons (Fsp3) is 0.350. The van der Waals surface area contributed by atoms with Gasteiger partial charge in [-0.3, -0.25) is 0 Å². The first-order valence-corrected chi connectivity index (χ1v) is 22.6. The van der Waals surface area contributed by atoms with Crippen molar-refractivity contribution in [2.45, 2.75) is 89.6 Å². The second-order valence-electron chi connectivity index (χ2n) is 13.9. The molecule has 6 heteroatoms. The van der Waals surface area contributed by atoms with Gasteiger partial charge in [0.15, 0.2) is 10.3 Å². The lowest BCUT2D eigenvalue weighted by molar-refractivity contribution is 0.658. The molecule has 5 rings (SSSR count). The Bertz CT molecular complexity index is 1850. The van der Waals surface area contributed by atoms with Crippen LogP contribution in [-0.4, -0.2) is 16.1 Å². The van der Waals surface area contributed by atoms with Crippen molar-refractivity contribution >= 4 is 80.5 Å². The van der Waals surface area contributed by atoms with Crippen LogP contribution < -0.4 is 0 Å². The molecule has 2 aromatic heterocycles. The summed E-state index contributed by atoms with van der Waals surface area (Å²) in [6.45, 7) is 26.5. The SMILES string of the molecule is C=CC[Si](C#Cc1c2cc3cc(F)sc3cc2c(C#C[Si](CC=C)(C(C)C)C(C)C)c2cc3cc(F)sc3cc12)(C(C)C)C(C)C. The van der Waals surface area contributed by atoms with E-state index in [-0.39, 0.29) is 10.3 Å². The number of hydrogen-bond donors (Lipinski definition) is 0. The van der Waals surface area contributed by atoms with Gasteiger partial charge in [-0.1, -0.05) is 79.4 Å². The lowest BCUT2D eigenvalue weighted by Gasteiger charge is -2.33. The summed E-state index contributed by atoms with van der Waals surface area (Å²) in [5, 5.41) is 5.22. The quantitative estimate of drug-likeness (QED) is 0.0661. The number of halogens is 2. The van der Waals surface area contributed by atoms with E-state index >= 15 is 0 Å². The van der Waals surface area contributed by atoms with E-state index in [9.17, 15) is 8.78 Å². The predicted molar refractivity (Wildman–Crippen MR) is 208 cm³/mol. The molecule has 238 valence electrons. The average Bonchev–Trinajstić information content (AvgIpc) is 3.54. The van der Waals surface area contributed by atoms with Crippen LogP contribution in [0.3, 0.4) is 0 Å². The van der Waals surface area contributed by atoms with Gasteiger partial charge in [0.25, 0.3) is 0 Å². The molecule has 0 amide bonds. The Balaban J connectivity index is 2.00. The third-order valence-electron chi connectivity index (χ3n) is 10.3. The summed E-state index contributed by atoms with van der Waals surface area (Å²) >= 11 is 2.32. The number of rotatable bonds is 8. The van der Waals surface area contributed by atoms with Gasteiger partial charge >= 0.3 is 0 Å². The summed E-state index contributed by atoms with van der Waals surface area (Å²) in [6.07, 6.45) is 4.07. The minimum absolute atomic E-state index is 0.208. The van der Waals surface area contributed by atoms with Crippen molar-refractivity contribution in [3.05, 3.63) is 83.1 Å². The highest BCUT2D eigenvalue weighted by molar-refractivity contribution is 7.18. The monoisotopic (exact) mass is 682 g/mol. The summed E-state index contributed by atoms with van der Waals surface area (Å²) in [6, 6.07) is 13.5. The highest BCUT2D eigenvalue weighted by Crippen LogP contribution is 2.42. The van der Waals surface area contributed by atoms with E-state index in [2.05, 4.69) is 116 Å².